The van der Waals surface area contributed by atoms with Gasteiger partial charge in [0, 0.05) is 50.4 Å². The highest BCUT2D eigenvalue weighted by Gasteiger charge is 2.47. The molecule has 0 amide bonds. The Kier molecular flexibility index (Phi) is 4.76. The van der Waals surface area contributed by atoms with Crippen LogP contribution in [-0.2, 0) is 14.1 Å². The lowest BCUT2D eigenvalue weighted by Gasteiger charge is -2.42. The van der Waals surface area contributed by atoms with E-state index in [1.165, 1.54) is 0 Å². The fourth-order valence-corrected chi connectivity index (χ4v) is 6.12. The van der Waals surface area contributed by atoms with Gasteiger partial charge in [0.15, 0.2) is 5.65 Å². The molecule has 9 nitrogen and oxygen atoms in total. The maximum absolute atomic E-state index is 14.0. The van der Waals surface area contributed by atoms with E-state index >= 15 is 0 Å². The first-order valence-corrected chi connectivity index (χ1v) is 11.9. The molecule has 34 heavy (non-hydrogen) atoms. The van der Waals surface area contributed by atoms with Crippen LogP contribution in [0, 0.1) is 5.41 Å². The quantitative estimate of drug-likeness (QED) is 0.452. The van der Waals surface area contributed by atoms with Gasteiger partial charge >= 0.3 is 0 Å². The third-order valence-corrected chi connectivity index (χ3v) is 8.15. The molecule has 1 aromatic carbocycles. The molecule has 1 aliphatic carbocycles. The topological polar surface area (TPSA) is 111 Å². The largest absolute Gasteiger partial charge is 0.342 e. The van der Waals surface area contributed by atoms with Crippen molar-refractivity contribution in [3.63, 3.8) is 0 Å². The molecule has 1 saturated carbocycles. The minimum absolute atomic E-state index is 0.111. The molecule has 0 bridgehead atoms. The smallest absolute Gasteiger partial charge is 0.266 e. The fourth-order valence-electron chi connectivity index (χ4n) is 5.82. The second-order valence-corrected chi connectivity index (χ2v) is 10.1. The van der Waals surface area contributed by atoms with Crippen LogP contribution in [0.4, 0.5) is 10.3 Å². The Balaban J connectivity index is 1.38. The summed E-state index contributed by atoms with van der Waals surface area (Å²) in [5.41, 5.74) is 8.27. The number of nitrogens with two attached hydrogens (primary N) is 1. The number of nitrogens with one attached hydrogen (secondary N) is 1. The van der Waals surface area contributed by atoms with Gasteiger partial charge < -0.3 is 10.6 Å². The van der Waals surface area contributed by atoms with Gasteiger partial charge in [0.25, 0.3) is 5.56 Å². The van der Waals surface area contributed by atoms with E-state index in [0.29, 0.717) is 59.2 Å². The number of hydrogen-bond donors (Lipinski definition) is 2. The Morgan fingerprint density at radius 1 is 1.26 bits per heavy atom. The summed E-state index contributed by atoms with van der Waals surface area (Å²) in [4.78, 5) is 20.3. The summed E-state index contributed by atoms with van der Waals surface area (Å²) in [5, 5.41) is 13.4. The SMILES string of the molecule is Cn1cc2c(Cl)c(-c3[nH]nc4nc(N5CCC6(CC5)C[C@@H](F)C[C@H]6N)n(C)c(=O)c34)ccc2n1. The van der Waals surface area contributed by atoms with E-state index in [9.17, 15) is 9.18 Å². The highest BCUT2D eigenvalue weighted by molar-refractivity contribution is 6.38. The third-order valence-electron chi connectivity index (χ3n) is 7.75. The number of H-pyrrole nitrogens is 1. The van der Waals surface area contributed by atoms with Crippen LogP contribution in [0.2, 0.25) is 5.02 Å². The van der Waals surface area contributed by atoms with Crippen LogP contribution in [0.3, 0.4) is 0 Å². The lowest BCUT2D eigenvalue weighted by molar-refractivity contribution is 0.183. The zero-order valence-electron chi connectivity index (χ0n) is 19.1. The van der Waals surface area contributed by atoms with Gasteiger partial charge in [0.1, 0.15) is 11.6 Å². The number of halogens is 2. The number of alkyl halides is 1. The van der Waals surface area contributed by atoms with Gasteiger partial charge in [-0.25, -0.2) is 4.39 Å². The molecule has 178 valence electrons. The fraction of sp³-hybridized carbons (Fsp3) is 0.478. The molecule has 1 aliphatic heterocycles. The van der Waals surface area contributed by atoms with Crippen LogP contribution in [0.15, 0.2) is 23.1 Å². The van der Waals surface area contributed by atoms with Crippen LogP contribution in [0.1, 0.15) is 25.7 Å². The molecule has 6 rings (SSSR count). The number of hydrogen-bond acceptors (Lipinski definition) is 6. The van der Waals surface area contributed by atoms with Crippen molar-refractivity contribution in [2.45, 2.75) is 37.9 Å². The number of nitrogens with zero attached hydrogens (tertiary/aromatic N) is 6. The summed E-state index contributed by atoms with van der Waals surface area (Å²) in [7, 11) is 3.55. The molecular formula is C23H26ClFN8O. The summed E-state index contributed by atoms with van der Waals surface area (Å²) in [5.74, 6) is 0.558. The molecule has 4 aromatic rings. The predicted octanol–water partition coefficient (Wildman–Crippen LogP) is 2.91. The van der Waals surface area contributed by atoms with Crippen molar-refractivity contribution in [1.82, 2.24) is 29.5 Å². The lowest BCUT2D eigenvalue weighted by Crippen LogP contribution is -2.48. The Labute approximate surface area is 199 Å². The van der Waals surface area contributed by atoms with E-state index < -0.39 is 6.17 Å². The summed E-state index contributed by atoms with van der Waals surface area (Å²) in [6, 6.07) is 3.60. The standard InChI is InChI=1S/C23H26ClFN8O/c1-31-11-14-15(30-31)4-3-13(18(14)24)19-17-20(29-28-19)27-22(32(2)21(17)34)33-7-5-23(6-8-33)10-12(25)9-16(23)26/h3-4,11-12,16H,5-10,26H2,1-2H3,(H,28,29)/t12-,16+/m0/s1. The van der Waals surface area contributed by atoms with E-state index in [2.05, 4.69) is 20.2 Å². The Morgan fingerprint density at radius 3 is 2.74 bits per heavy atom. The van der Waals surface area contributed by atoms with Gasteiger partial charge in [-0.05, 0) is 43.2 Å². The molecular weight excluding hydrogens is 459 g/mol. The normalized spacial score (nSPS) is 22.4. The van der Waals surface area contributed by atoms with E-state index in [4.69, 9.17) is 22.3 Å². The van der Waals surface area contributed by atoms with Crippen molar-refractivity contribution in [3.8, 4) is 11.3 Å². The van der Waals surface area contributed by atoms with Crippen LogP contribution in [-0.4, -0.2) is 54.8 Å². The average Bonchev–Trinajstić information content (AvgIpc) is 3.47. The zero-order valence-corrected chi connectivity index (χ0v) is 19.8. The molecule has 3 aromatic heterocycles. The van der Waals surface area contributed by atoms with Crippen LogP contribution in [0.5, 0.6) is 0 Å². The number of fused-ring (bicyclic) bond motifs is 2. The number of aromatic nitrogens is 6. The van der Waals surface area contributed by atoms with Crippen LogP contribution < -0.4 is 16.2 Å². The van der Waals surface area contributed by atoms with Crippen molar-refractivity contribution < 1.29 is 4.39 Å². The number of anilines is 1. The summed E-state index contributed by atoms with van der Waals surface area (Å²) in [6.07, 6.45) is 3.56. The van der Waals surface area contributed by atoms with Crippen molar-refractivity contribution >= 4 is 39.5 Å². The van der Waals surface area contributed by atoms with E-state index in [1.807, 2.05) is 25.4 Å². The summed E-state index contributed by atoms with van der Waals surface area (Å²) in [6.45, 7) is 1.35. The van der Waals surface area contributed by atoms with Crippen molar-refractivity contribution in [2.75, 3.05) is 18.0 Å². The van der Waals surface area contributed by atoms with Crippen LogP contribution in [0.25, 0.3) is 33.2 Å². The second-order valence-electron chi connectivity index (χ2n) is 9.73. The minimum atomic E-state index is -0.819. The molecule has 11 heteroatoms. The van der Waals surface area contributed by atoms with Crippen molar-refractivity contribution in [2.24, 2.45) is 25.2 Å². The maximum Gasteiger partial charge on any atom is 0.266 e. The molecule has 1 saturated heterocycles. The van der Waals surface area contributed by atoms with Crippen LogP contribution >= 0.6 is 11.6 Å². The van der Waals surface area contributed by atoms with Gasteiger partial charge in [-0.1, -0.05) is 11.6 Å². The van der Waals surface area contributed by atoms with Gasteiger partial charge in [0.05, 0.1) is 16.2 Å². The Morgan fingerprint density at radius 2 is 2.03 bits per heavy atom. The van der Waals surface area contributed by atoms with Crippen molar-refractivity contribution in [3.05, 3.63) is 33.7 Å². The van der Waals surface area contributed by atoms with Gasteiger partial charge in [-0.3, -0.25) is 19.1 Å². The number of benzene rings is 1. The van der Waals surface area contributed by atoms with Crippen molar-refractivity contribution in [1.29, 1.82) is 0 Å². The molecule has 1 spiro atoms. The number of aryl methyl sites for hydroxylation is 1. The number of piperidine rings is 1. The van der Waals surface area contributed by atoms with Gasteiger partial charge in [-0.15, -0.1) is 0 Å². The molecule has 0 radical (unpaired) electrons. The summed E-state index contributed by atoms with van der Waals surface area (Å²) >= 11 is 6.70. The second kappa shape index (κ2) is 7.51. The van der Waals surface area contributed by atoms with E-state index in [-0.39, 0.29) is 17.0 Å². The molecule has 3 N–H and O–H groups in total. The first-order valence-electron chi connectivity index (χ1n) is 11.5. The van der Waals surface area contributed by atoms with Gasteiger partial charge in [-0.2, -0.15) is 15.2 Å². The van der Waals surface area contributed by atoms with E-state index in [0.717, 1.165) is 23.7 Å². The molecule has 2 fully saturated rings. The lowest BCUT2D eigenvalue weighted by atomic mass is 9.74. The van der Waals surface area contributed by atoms with Gasteiger partial charge in [0.2, 0.25) is 5.95 Å². The first-order chi connectivity index (χ1) is 16.3. The third kappa shape index (κ3) is 3.08. The molecule has 4 heterocycles. The number of aromatic amines is 1. The Hall–Kier alpha value is -2.98. The minimum Gasteiger partial charge on any atom is -0.342 e. The highest BCUT2D eigenvalue weighted by atomic mass is 35.5. The highest BCUT2D eigenvalue weighted by Crippen LogP contribution is 2.47. The maximum atomic E-state index is 14.0. The Bertz CT molecular complexity index is 1480. The predicted molar refractivity (Wildman–Crippen MR) is 130 cm³/mol. The average molecular weight is 485 g/mol. The summed E-state index contributed by atoms with van der Waals surface area (Å²) < 4.78 is 17.3. The molecule has 2 aliphatic rings. The molecule has 0 unspecified atom stereocenters. The number of rotatable bonds is 2. The zero-order chi connectivity index (χ0) is 23.8. The molecule has 2 atom stereocenters. The first kappa shape index (κ1) is 21.5. The monoisotopic (exact) mass is 484 g/mol. The van der Waals surface area contributed by atoms with E-state index in [1.54, 1.807) is 16.3 Å².